The first-order valence-corrected chi connectivity index (χ1v) is 13.2. The Kier molecular flexibility index (Phi) is 17.9. The first kappa shape index (κ1) is 27.3. The van der Waals surface area contributed by atoms with Crippen molar-refractivity contribution in [2.75, 3.05) is 19.8 Å². The molecule has 0 aromatic heterocycles. The molecule has 0 saturated heterocycles. The van der Waals surface area contributed by atoms with Crippen molar-refractivity contribution in [3.8, 4) is 0 Å². The minimum Gasteiger partial charge on any atom is -0.463 e. The lowest BCUT2D eigenvalue weighted by molar-refractivity contribution is -0.137. The third-order valence-electron chi connectivity index (χ3n) is 4.52. The van der Waals surface area contributed by atoms with E-state index in [9.17, 15) is 4.79 Å². The highest BCUT2D eigenvalue weighted by atomic mass is 28.4. The van der Waals surface area contributed by atoms with E-state index in [1.54, 1.807) is 0 Å². The zero-order valence-corrected chi connectivity index (χ0v) is 19.8. The first-order chi connectivity index (χ1) is 13.5. The average molecular weight is 417 g/mol. The molecular formula is C22H44O5Si. The van der Waals surface area contributed by atoms with Gasteiger partial charge in [0.1, 0.15) is 0 Å². The van der Waals surface area contributed by atoms with Crippen molar-refractivity contribution in [2.45, 2.75) is 104 Å². The van der Waals surface area contributed by atoms with Gasteiger partial charge in [0.2, 0.25) is 0 Å². The van der Waals surface area contributed by atoms with Gasteiger partial charge in [-0.3, -0.25) is 0 Å². The third-order valence-corrected chi connectivity index (χ3v) is 7.54. The van der Waals surface area contributed by atoms with Gasteiger partial charge in [-0.25, -0.2) is 4.79 Å². The second kappa shape index (κ2) is 18.3. The largest absolute Gasteiger partial charge is 0.501 e. The van der Waals surface area contributed by atoms with E-state index in [-0.39, 0.29) is 6.10 Å². The van der Waals surface area contributed by atoms with Gasteiger partial charge in [0, 0.05) is 31.4 Å². The fraction of sp³-hybridized carbons (Fsp3) is 0.864. The number of hydrogen-bond donors (Lipinski definition) is 0. The summed E-state index contributed by atoms with van der Waals surface area (Å²) in [6, 6.07) is 0.673. The topological polar surface area (TPSA) is 54.0 Å². The van der Waals surface area contributed by atoms with Crippen molar-refractivity contribution in [3.05, 3.63) is 12.7 Å². The lowest BCUT2D eigenvalue weighted by Gasteiger charge is -2.32. The molecule has 0 aliphatic heterocycles. The Hall–Kier alpha value is -0.693. The van der Waals surface area contributed by atoms with Gasteiger partial charge < -0.3 is 18.0 Å². The zero-order chi connectivity index (χ0) is 21.1. The molecule has 0 aromatic carbocycles. The van der Waals surface area contributed by atoms with Crippen LogP contribution in [0.15, 0.2) is 12.7 Å². The van der Waals surface area contributed by atoms with Crippen molar-refractivity contribution in [2.24, 2.45) is 0 Å². The molecule has 5 nitrogen and oxygen atoms in total. The van der Waals surface area contributed by atoms with Crippen LogP contribution in [0.2, 0.25) is 6.04 Å². The Morgan fingerprint density at radius 1 is 0.893 bits per heavy atom. The number of carbonyl (C=O) groups is 1. The van der Waals surface area contributed by atoms with Crippen molar-refractivity contribution >= 4 is 14.8 Å². The van der Waals surface area contributed by atoms with Crippen LogP contribution in [-0.4, -0.2) is 40.7 Å². The van der Waals surface area contributed by atoms with Crippen molar-refractivity contribution in [3.63, 3.8) is 0 Å². The smallest absolute Gasteiger partial charge is 0.463 e. The number of carbonyl (C=O) groups excluding carboxylic acids is 1. The molecule has 0 aliphatic rings. The van der Waals surface area contributed by atoms with E-state index in [2.05, 4.69) is 34.3 Å². The number of unbranched alkanes of at least 4 members (excludes halogenated alkanes) is 5. The summed E-state index contributed by atoms with van der Waals surface area (Å²) in [6.45, 7) is 13.8. The van der Waals surface area contributed by atoms with E-state index in [0.29, 0.717) is 32.3 Å². The van der Waals surface area contributed by atoms with Gasteiger partial charge in [0.25, 0.3) is 0 Å². The Balaban J connectivity index is 4.95. The van der Waals surface area contributed by atoms with Crippen LogP contribution in [0.3, 0.4) is 0 Å². The summed E-state index contributed by atoms with van der Waals surface area (Å²) in [7, 11) is -2.81. The first-order valence-electron chi connectivity index (χ1n) is 11.3. The second-order valence-corrected chi connectivity index (χ2v) is 10.0. The summed E-state index contributed by atoms with van der Waals surface area (Å²) in [5.74, 6) is -0.391. The highest BCUT2D eigenvalue weighted by Crippen LogP contribution is 2.23. The summed E-state index contributed by atoms with van der Waals surface area (Å²) in [5.41, 5.74) is 0. The number of esters is 1. The molecule has 0 N–H and O–H groups in total. The minimum atomic E-state index is -2.81. The maximum Gasteiger partial charge on any atom is 0.501 e. The highest BCUT2D eigenvalue weighted by Gasteiger charge is 2.42. The summed E-state index contributed by atoms with van der Waals surface area (Å²) in [4.78, 5) is 11.3. The Bertz CT molecular complexity index is 377. The molecule has 0 rings (SSSR count). The maximum absolute atomic E-state index is 11.3. The van der Waals surface area contributed by atoms with E-state index < -0.39 is 14.8 Å². The van der Waals surface area contributed by atoms with E-state index in [1.165, 1.54) is 6.08 Å². The van der Waals surface area contributed by atoms with Crippen LogP contribution in [-0.2, 0) is 22.8 Å². The molecular weight excluding hydrogens is 372 g/mol. The molecule has 0 radical (unpaired) electrons. The third kappa shape index (κ3) is 14.3. The summed E-state index contributed by atoms with van der Waals surface area (Å²) in [5, 5.41) is 0. The van der Waals surface area contributed by atoms with Gasteiger partial charge in [0.05, 0.1) is 6.61 Å². The normalized spacial score (nSPS) is 12.7. The fourth-order valence-electron chi connectivity index (χ4n) is 2.85. The van der Waals surface area contributed by atoms with Gasteiger partial charge in [-0.15, -0.1) is 0 Å². The number of rotatable bonds is 20. The van der Waals surface area contributed by atoms with Crippen molar-refractivity contribution in [1.29, 1.82) is 0 Å². The molecule has 0 saturated carbocycles. The highest BCUT2D eigenvalue weighted by molar-refractivity contribution is 6.60. The fourth-order valence-corrected chi connectivity index (χ4v) is 5.69. The van der Waals surface area contributed by atoms with Gasteiger partial charge >= 0.3 is 14.8 Å². The van der Waals surface area contributed by atoms with E-state index in [1.807, 2.05) is 0 Å². The number of hydrogen-bond acceptors (Lipinski definition) is 5. The average Bonchev–Trinajstić information content (AvgIpc) is 2.70. The van der Waals surface area contributed by atoms with Crippen LogP contribution < -0.4 is 0 Å². The molecule has 0 spiro atoms. The molecule has 0 amide bonds. The maximum atomic E-state index is 11.3. The quantitative estimate of drug-likeness (QED) is 0.105. The molecule has 0 heterocycles. The molecule has 0 aliphatic carbocycles. The summed E-state index contributed by atoms with van der Waals surface area (Å²) >= 11 is 0. The van der Waals surface area contributed by atoms with E-state index in [4.69, 9.17) is 18.0 Å². The number of ether oxygens (including phenoxy) is 1. The molecule has 6 heteroatoms. The zero-order valence-electron chi connectivity index (χ0n) is 18.8. The van der Waals surface area contributed by atoms with E-state index in [0.717, 1.165) is 57.8 Å². The molecule has 0 bridgehead atoms. The Labute approximate surface area is 174 Å². The molecule has 0 aromatic rings. The Morgan fingerprint density at radius 2 is 1.46 bits per heavy atom. The molecule has 0 fully saturated rings. The minimum absolute atomic E-state index is 0.111. The van der Waals surface area contributed by atoms with Crippen LogP contribution in [0.1, 0.15) is 91.9 Å². The lowest BCUT2D eigenvalue weighted by atomic mass is 10.2. The standard InChI is InChI=1S/C22H44O5Si/c1-6-10-13-18-25-28(26-19-14-11-7-2,27-21(5)16-12-8-3)20-15-17-24-22(23)9-4/h9,21H,4,6-8,10-20H2,1-3,5H3. The van der Waals surface area contributed by atoms with Crippen LogP contribution in [0.4, 0.5) is 0 Å². The monoisotopic (exact) mass is 416 g/mol. The molecule has 1 atom stereocenters. The summed E-state index contributed by atoms with van der Waals surface area (Å²) < 4.78 is 24.3. The van der Waals surface area contributed by atoms with Crippen molar-refractivity contribution in [1.82, 2.24) is 0 Å². The Morgan fingerprint density at radius 3 is 1.96 bits per heavy atom. The van der Waals surface area contributed by atoms with Crippen LogP contribution in [0, 0.1) is 0 Å². The predicted molar refractivity (Wildman–Crippen MR) is 117 cm³/mol. The summed E-state index contributed by atoms with van der Waals surface area (Å²) in [6.07, 6.45) is 11.9. The SMILES string of the molecule is C=CC(=O)OCCC[Si](OCCCCC)(OCCCCC)OC(C)CCCC. The lowest BCUT2D eigenvalue weighted by Crippen LogP contribution is -2.48. The van der Waals surface area contributed by atoms with Gasteiger partial charge in [-0.05, 0) is 32.6 Å². The van der Waals surface area contributed by atoms with Crippen LogP contribution in [0.25, 0.3) is 0 Å². The predicted octanol–water partition coefficient (Wildman–Crippen LogP) is 6.05. The van der Waals surface area contributed by atoms with E-state index >= 15 is 0 Å². The second-order valence-electron chi connectivity index (χ2n) is 7.34. The van der Waals surface area contributed by atoms with Crippen LogP contribution in [0.5, 0.6) is 0 Å². The van der Waals surface area contributed by atoms with Gasteiger partial charge in [0.15, 0.2) is 0 Å². The molecule has 1 unspecified atom stereocenters. The van der Waals surface area contributed by atoms with Gasteiger partial charge in [-0.2, -0.15) is 0 Å². The van der Waals surface area contributed by atoms with Crippen LogP contribution >= 0.6 is 0 Å². The molecule has 28 heavy (non-hydrogen) atoms. The van der Waals surface area contributed by atoms with Gasteiger partial charge in [-0.1, -0.05) is 65.9 Å². The van der Waals surface area contributed by atoms with Crippen molar-refractivity contribution < 1.29 is 22.8 Å². The molecule has 166 valence electrons.